The Labute approximate surface area is 119 Å². The highest BCUT2D eigenvalue weighted by atomic mass is 19.4. The van der Waals surface area contributed by atoms with Gasteiger partial charge in [-0.2, -0.15) is 13.2 Å². The summed E-state index contributed by atoms with van der Waals surface area (Å²) in [5, 5.41) is 8.08. The SMILES string of the molecule is Cc1cc(-c2nnc3n2CC(C(F)(F)F)CC3)ccc1N. The van der Waals surface area contributed by atoms with E-state index in [4.69, 9.17) is 5.73 Å². The van der Waals surface area contributed by atoms with E-state index < -0.39 is 12.1 Å². The molecule has 0 fully saturated rings. The lowest BCUT2D eigenvalue weighted by molar-refractivity contribution is -0.182. The van der Waals surface area contributed by atoms with E-state index in [1.165, 1.54) is 0 Å². The fraction of sp³-hybridized carbons (Fsp3) is 0.429. The monoisotopic (exact) mass is 296 g/mol. The Morgan fingerprint density at radius 3 is 2.71 bits per heavy atom. The van der Waals surface area contributed by atoms with Crippen LogP contribution in [0.2, 0.25) is 0 Å². The van der Waals surface area contributed by atoms with Crippen LogP contribution in [0.15, 0.2) is 18.2 Å². The van der Waals surface area contributed by atoms with Crippen molar-refractivity contribution in [2.45, 2.75) is 32.5 Å². The second-order valence-corrected chi connectivity index (χ2v) is 5.40. The van der Waals surface area contributed by atoms with Crippen LogP contribution in [-0.4, -0.2) is 20.9 Å². The first-order chi connectivity index (χ1) is 9.86. The first-order valence-corrected chi connectivity index (χ1v) is 6.71. The number of anilines is 1. The molecule has 3 rings (SSSR count). The Balaban J connectivity index is 2.00. The molecule has 2 N–H and O–H groups in total. The van der Waals surface area contributed by atoms with Crippen molar-refractivity contribution in [3.63, 3.8) is 0 Å². The maximum atomic E-state index is 12.9. The van der Waals surface area contributed by atoms with E-state index in [2.05, 4.69) is 10.2 Å². The number of aryl methyl sites for hydroxylation is 2. The van der Waals surface area contributed by atoms with Gasteiger partial charge in [-0.25, -0.2) is 0 Å². The maximum Gasteiger partial charge on any atom is 0.393 e. The second kappa shape index (κ2) is 4.75. The van der Waals surface area contributed by atoms with Crippen LogP contribution in [0.1, 0.15) is 17.8 Å². The zero-order chi connectivity index (χ0) is 15.2. The van der Waals surface area contributed by atoms with Crippen LogP contribution in [0, 0.1) is 12.8 Å². The Bertz CT molecular complexity index is 675. The van der Waals surface area contributed by atoms with Crippen LogP contribution >= 0.6 is 0 Å². The summed E-state index contributed by atoms with van der Waals surface area (Å²) in [5.74, 6) is -0.253. The lowest BCUT2D eigenvalue weighted by Gasteiger charge is -2.26. The molecule has 2 heterocycles. The van der Waals surface area contributed by atoms with Crippen molar-refractivity contribution < 1.29 is 13.2 Å². The molecule has 1 aliphatic rings. The first kappa shape index (κ1) is 13.9. The molecule has 0 bridgehead atoms. The summed E-state index contributed by atoms with van der Waals surface area (Å²) in [5.41, 5.74) is 8.02. The van der Waals surface area contributed by atoms with Gasteiger partial charge in [-0.05, 0) is 37.1 Å². The molecule has 2 aromatic rings. The molecule has 21 heavy (non-hydrogen) atoms. The summed E-state index contributed by atoms with van der Waals surface area (Å²) < 4.78 is 40.3. The summed E-state index contributed by atoms with van der Waals surface area (Å²) in [4.78, 5) is 0. The number of hydrogen-bond donors (Lipinski definition) is 1. The van der Waals surface area contributed by atoms with Crippen LogP contribution in [0.3, 0.4) is 0 Å². The third kappa shape index (κ3) is 2.48. The van der Waals surface area contributed by atoms with Gasteiger partial charge in [0.05, 0.1) is 5.92 Å². The van der Waals surface area contributed by atoms with Crippen molar-refractivity contribution in [3.05, 3.63) is 29.6 Å². The number of nitrogens with two attached hydrogens (primary N) is 1. The number of nitrogens with zero attached hydrogens (tertiary/aromatic N) is 3. The first-order valence-electron chi connectivity index (χ1n) is 6.71. The van der Waals surface area contributed by atoms with Crippen molar-refractivity contribution in [2.24, 2.45) is 5.92 Å². The standard InChI is InChI=1S/C14H15F3N4/c1-8-6-9(2-4-11(8)18)13-20-19-12-5-3-10(7-21(12)13)14(15,16)17/h2,4,6,10H,3,5,7,18H2,1H3. The average molecular weight is 296 g/mol. The van der Waals surface area contributed by atoms with Gasteiger partial charge in [0.2, 0.25) is 0 Å². The molecule has 1 aliphatic heterocycles. The third-order valence-corrected chi connectivity index (χ3v) is 3.94. The number of rotatable bonds is 1. The number of fused-ring (bicyclic) bond motifs is 1. The lowest BCUT2D eigenvalue weighted by atomic mass is 9.98. The molecule has 0 saturated carbocycles. The molecule has 0 saturated heterocycles. The number of hydrogen-bond acceptors (Lipinski definition) is 3. The predicted octanol–water partition coefficient (Wildman–Crippen LogP) is 2.96. The molecular formula is C14H15F3N4. The third-order valence-electron chi connectivity index (χ3n) is 3.94. The van der Waals surface area contributed by atoms with Crippen molar-refractivity contribution in [1.29, 1.82) is 0 Å². The second-order valence-electron chi connectivity index (χ2n) is 5.40. The molecule has 112 valence electrons. The van der Waals surface area contributed by atoms with Gasteiger partial charge in [0.25, 0.3) is 0 Å². The minimum Gasteiger partial charge on any atom is -0.399 e. The van der Waals surface area contributed by atoms with Gasteiger partial charge >= 0.3 is 6.18 Å². The molecule has 0 radical (unpaired) electrons. The summed E-state index contributed by atoms with van der Waals surface area (Å²) in [6, 6.07) is 5.32. The highest BCUT2D eigenvalue weighted by Gasteiger charge is 2.42. The zero-order valence-electron chi connectivity index (χ0n) is 11.5. The molecule has 0 spiro atoms. The molecule has 0 aliphatic carbocycles. The summed E-state index contributed by atoms with van der Waals surface area (Å²) in [6.45, 7) is 1.73. The molecular weight excluding hydrogens is 281 g/mol. The van der Waals surface area contributed by atoms with Gasteiger partial charge in [-0.15, -0.1) is 10.2 Å². The van der Waals surface area contributed by atoms with Crippen LogP contribution < -0.4 is 5.73 Å². The van der Waals surface area contributed by atoms with Gasteiger partial charge in [-0.1, -0.05) is 0 Å². The normalized spacial score (nSPS) is 18.6. The van der Waals surface area contributed by atoms with Gasteiger partial charge in [0.15, 0.2) is 5.82 Å². The van der Waals surface area contributed by atoms with Crippen molar-refractivity contribution in [1.82, 2.24) is 14.8 Å². The van der Waals surface area contributed by atoms with Gasteiger partial charge in [0, 0.05) is 24.2 Å². The van der Waals surface area contributed by atoms with E-state index in [0.717, 1.165) is 11.1 Å². The number of alkyl halides is 3. The number of aromatic nitrogens is 3. The van der Waals surface area contributed by atoms with Crippen molar-refractivity contribution in [3.8, 4) is 11.4 Å². The Morgan fingerprint density at radius 1 is 1.29 bits per heavy atom. The fourth-order valence-electron chi connectivity index (χ4n) is 2.62. The highest BCUT2D eigenvalue weighted by molar-refractivity contribution is 5.62. The molecule has 1 atom stereocenters. The van der Waals surface area contributed by atoms with E-state index in [1.54, 1.807) is 16.7 Å². The van der Waals surface area contributed by atoms with Crippen LogP contribution in [0.5, 0.6) is 0 Å². The molecule has 4 nitrogen and oxygen atoms in total. The molecule has 1 unspecified atom stereocenters. The average Bonchev–Trinajstić information content (AvgIpc) is 2.84. The zero-order valence-corrected chi connectivity index (χ0v) is 11.5. The smallest absolute Gasteiger partial charge is 0.393 e. The van der Waals surface area contributed by atoms with Crippen LogP contribution in [0.25, 0.3) is 11.4 Å². The Kier molecular flexibility index (Phi) is 3.15. The summed E-state index contributed by atoms with van der Waals surface area (Å²) in [6.07, 6.45) is -3.82. The Morgan fingerprint density at radius 2 is 2.05 bits per heavy atom. The topological polar surface area (TPSA) is 56.7 Å². The number of nitrogen functional groups attached to an aromatic ring is 1. The summed E-state index contributed by atoms with van der Waals surface area (Å²) >= 11 is 0. The fourth-order valence-corrected chi connectivity index (χ4v) is 2.62. The quantitative estimate of drug-likeness (QED) is 0.823. The molecule has 0 amide bonds. The van der Waals surface area contributed by atoms with Crippen LogP contribution in [-0.2, 0) is 13.0 Å². The highest BCUT2D eigenvalue weighted by Crippen LogP contribution is 2.36. The predicted molar refractivity (Wildman–Crippen MR) is 72.5 cm³/mol. The van der Waals surface area contributed by atoms with Crippen molar-refractivity contribution >= 4 is 5.69 Å². The minimum atomic E-state index is -4.18. The van der Waals surface area contributed by atoms with E-state index in [0.29, 0.717) is 23.8 Å². The van der Waals surface area contributed by atoms with Gasteiger partial charge in [-0.3, -0.25) is 0 Å². The van der Waals surface area contributed by atoms with E-state index in [-0.39, 0.29) is 13.0 Å². The van der Waals surface area contributed by atoms with E-state index in [1.807, 2.05) is 13.0 Å². The summed E-state index contributed by atoms with van der Waals surface area (Å²) in [7, 11) is 0. The van der Waals surface area contributed by atoms with Crippen LogP contribution in [0.4, 0.5) is 18.9 Å². The van der Waals surface area contributed by atoms with Gasteiger partial charge < -0.3 is 10.3 Å². The van der Waals surface area contributed by atoms with Crippen molar-refractivity contribution in [2.75, 3.05) is 5.73 Å². The largest absolute Gasteiger partial charge is 0.399 e. The lowest BCUT2D eigenvalue weighted by Crippen LogP contribution is -2.32. The molecule has 1 aromatic heterocycles. The van der Waals surface area contributed by atoms with E-state index in [9.17, 15) is 13.2 Å². The minimum absolute atomic E-state index is 0.0718. The Hall–Kier alpha value is -2.05. The molecule has 1 aromatic carbocycles. The molecule has 7 heteroatoms. The number of benzene rings is 1. The van der Waals surface area contributed by atoms with Gasteiger partial charge in [0.1, 0.15) is 5.82 Å². The number of halogens is 3. The van der Waals surface area contributed by atoms with E-state index >= 15 is 0 Å². The maximum absolute atomic E-state index is 12.9.